The van der Waals surface area contributed by atoms with Gasteiger partial charge in [0.1, 0.15) is 5.60 Å². The maximum Gasteiger partial charge on any atom is 0.407 e. The molecule has 2 bridgehead atoms. The number of hydrogen-bond acceptors (Lipinski definition) is 4. The average Bonchev–Trinajstić information content (AvgIpc) is 3.21. The fraction of sp³-hybridized carbons (Fsp3) is 0.682. The van der Waals surface area contributed by atoms with E-state index in [2.05, 4.69) is 10.6 Å². The zero-order chi connectivity index (χ0) is 19.4. The van der Waals surface area contributed by atoms with Crippen molar-refractivity contribution in [1.82, 2.24) is 10.6 Å². The van der Waals surface area contributed by atoms with E-state index < -0.39 is 23.8 Å². The first-order valence-corrected chi connectivity index (χ1v) is 10.2. The van der Waals surface area contributed by atoms with Crippen LogP contribution in [-0.4, -0.2) is 41.5 Å². The molecule has 2 aliphatic carbocycles. The lowest BCUT2D eigenvalue weighted by Gasteiger charge is -2.29. The van der Waals surface area contributed by atoms with Gasteiger partial charge in [-0.2, -0.15) is 0 Å². The Morgan fingerprint density at radius 3 is 2.56 bits per heavy atom. The molecule has 5 nitrogen and oxygen atoms in total. The number of aliphatic hydroxyl groups excluding tert-OH is 1. The minimum Gasteiger partial charge on any atom is -0.444 e. The van der Waals surface area contributed by atoms with Crippen LogP contribution in [0.15, 0.2) is 30.3 Å². The van der Waals surface area contributed by atoms with Gasteiger partial charge in [-0.15, -0.1) is 0 Å². The summed E-state index contributed by atoms with van der Waals surface area (Å²) in [4.78, 5) is 12.3. The standard InChI is InChI=1S/C22H34N2O3/c1-22(2,3)27-21(26)24-19(12-15-7-5-4-6-8-15)20(25)14-23-18-13-16-9-10-17(18)11-16/h4-8,16-20,23,25H,9-14H2,1-3H3,(H,24,26)/t16?,17?,18-,19-,20+/m0/s1. The monoisotopic (exact) mass is 374 g/mol. The summed E-state index contributed by atoms with van der Waals surface area (Å²) in [6, 6.07) is 10.1. The third-order valence-electron chi connectivity index (χ3n) is 5.79. The van der Waals surface area contributed by atoms with E-state index in [1.165, 1.54) is 25.7 Å². The topological polar surface area (TPSA) is 70.6 Å². The van der Waals surface area contributed by atoms with Gasteiger partial charge in [-0.05, 0) is 63.9 Å². The third-order valence-corrected chi connectivity index (χ3v) is 5.79. The summed E-state index contributed by atoms with van der Waals surface area (Å²) in [5.41, 5.74) is 0.519. The van der Waals surface area contributed by atoms with Crippen molar-refractivity contribution in [1.29, 1.82) is 0 Å². The first-order valence-electron chi connectivity index (χ1n) is 10.2. The van der Waals surface area contributed by atoms with Gasteiger partial charge >= 0.3 is 6.09 Å². The number of benzene rings is 1. The molecule has 27 heavy (non-hydrogen) atoms. The van der Waals surface area contributed by atoms with Crippen LogP contribution in [-0.2, 0) is 11.2 Å². The molecule has 150 valence electrons. The van der Waals surface area contributed by atoms with Crippen LogP contribution in [0.3, 0.4) is 0 Å². The highest BCUT2D eigenvalue weighted by atomic mass is 16.6. The Bertz CT molecular complexity index is 614. The lowest BCUT2D eigenvalue weighted by Crippen LogP contribution is -2.51. The first kappa shape index (κ1) is 20.2. The van der Waals surface area contributed by atoms with E-state index in [4.69, 9.17) is 4.74 Å². The molecule has 3 N–H and O–H groups in total. The van der Waals surface area contributed by atoms with Gasteiger partial charge < -0.3 is 20.5 Å². The van der Waals surface area contributed by atoms with E-state index in [1.807, 2.05) is 51.1 Å². The molecule has 1 aromatic rings. The lowest BCUT2D eigenvalue weighted by molar-refractivity contribution is 0.0418. The summed E-state index contributed by atoms with van der Waals surface area (Å²) in [5.74, 6) is 1.62. The summed E-state index contributed by atoms with van der Waals surface area (Å²) in [6.45, 7) is 6.00. The number of ether oxygens (including phenoxy) is 1. The van der Waals surface area contributed by atoms with Gasteiger partial charge in [0.2, 0.25) is 0 Å². The Labute approximate surface area is 162 Å². The molecule has 2 fully saturated rings. The molecule has 2 aliphatic rings. The number of carbonyl (C=O) groups excluding carboxylic acids is 1. The van der Waals surface area contributed by atoms with Crippen LogP contribution in [0.2, 0.25) is 0 Å². The number of fused-ring (bicyclic) bond motifs is 2. The van der Waals surface area contributed by atoms with Gasteiger partial charge in [-0.25, -0.2) is 4.79 Å². The van der Waals surface area contributed by atoms with Crippen LogP contribution < -0.4 is 10.6 Å². The molecule has 2 saturated carbocycles. The van der Waals surface area contributed by atoms with Gasteiger partial charge in [0, 0.05) is 12.6 Å². The molecule has 5 heteroatoms. The second kappa shape index (κ2) is 8.61. The predicted molar refractivity (Wildman–Crippen MR) is 107 cm³/mol. The Morgan fingerprint density at radius 1 is 1.22 bits per heavy atom. The highest BCUT2D eigenvalue weighted by Crippen LogP contribution is 2.44. The summed E-state index contributed by atoms with van der Waals surface area (Å²) in [6.07, 6.45) is 4.64. The minimum atomic E-state index is -0.670. The number of amides is 1. The van der Waals surface area contributed by atoms with Gasteiger partial charge in [-0.3, -0.25) is 0 Å². The van der Waals surface area contributed by atoms with Gasteiger partial charge in [-0.1, -0.05) is 36.8 Å². The number of aliphatic hydroxyl groups is 1. The van der Waals surface area contributed by atoms with Gasteiger partial charge in [0.25, 0.3) is 0 Å². The molecule has 0 spiro atoms. The van der Waals surface area contributed by atoms with Crippen molar-refractivity contribution in [3.05, 3.63) is 35.9 Å². The quantitative estimate of drug-likeness (QED) is 0.685. The summed E-state index contributed by atoms with van der Waals surface area (Å²) in [7, 11) is 0. The average molecular weight is 375 g/mol. The van der Waals surface area contributed by atoms with Crippen molar-refractivity contribution in [3.8, 4) is 0 Å². The van der Waals surface area contributed by atoms with E-state index in [-0.39, 0.29) is 0 Å². The number of hydrogen-bond donors (Lipinski definition) is 3. The number of carbonyl (C=O) groups is 1. The number of nitrogens with one attached hydrogen (secondary N) is 2. The molecular formula is C22H34N2O3. The molecule has 0 heterocycles. The summed E-state index contributed by atoms with van der Waals surface area (Å²) in [5, 5.41) is 17.3. The van der Waals surface area contributed by atoms with Crippen molar-refractivity contribution in [2.45, 2.75) is 76.7 Å². The summed E-state index contributed by atoms with van der Waals surface area (Å²) >= 11 is 0. The van der Waals surface area contributed by atoms with E-state index in [0.29, 0.717) is 19.0 Å². The van der Waals surface area contributed by atoms with Crippen LogP contribution in [0, 0.1) is 11.8 Å². The minimum absolute atomic E-state index is 0.395. The SMILES string of the molecule is CC(C)(C)OC(=O)N[C@@H](Cc1ccccc1)[C@H](O)CN[C@H]1CC2CCC1C2. The molecule has 0 aliphatic heterocycles. The molecule has 3 rings (SSSR count). The third kappa shape index (κ3) is 5.94. The maximum absolute atomic E-state index is 12.3. The molecule has 1 amide bonds. The zero-order valence-electron chi connectivity index (χ0n) is 16.8. The van der Waals surface area contributed by atoms with E-state index >= 15 is 0 Å². The van der Waals surface area contributed by atoms with Crippen LogP contribution in [0.5, 0.6) is 0 Å². The fourth-order valence-electron chi connectivity index (χ4n) is 4.52. The lowest BCUT2D eigenvalue weighted by atomic mass is 9.94. The first-order chi connectivity index (χ1) is 12.8. The van der Waals surface area contributed by atoms with E-state index in [1.54, 1.807) is 0 Å². The predicted octanol–water partition coefficient (Wildman–Crippen LogP) is 3.26. The largest absolute Gasteiger partial charge is 0.444 e. The Hall–Kier alpha value is -1.59. The Morgan fingerprint density at radius 2 is 1.96 bits per heavy atom. The highest BCUT2D eigenvalue weighted by Gasteiger charge is 2.39. The van der Waals surface area contributed by atoms with Gasteiger partial charge in [0.15, 0.2) is 0 Å². The van der Waals surface area contributed by atoms with Crippen molar-refractivity contribution >= 4 is 6.09 Å². The highest BCUT2D eigenvalue weighted by molar-refractivity contribution is 5.68. The molecule has 0 radical (unpaired) electrons. The molecule has 0 saturated heterocycles. The van der Waals surface area contributed by atoms with Crippen molar-refractivity contribution < 1.29 is 14.6 Å². The van der Waals surface area contributed by atoms with E-state index in [0.717, 1.165) is 17.4 Å². The van der Waals surface area contributed by atoms with Gasteiger partial charge in [0.05, 0.1) is 12.1 Å². The maximum atomic E-state index is 12.3. The van der Waals surface area contributed by atoms with Crippen molar-refractivity contribution in [2.24, 2.45) is 11.8 Å². The summed E-state index contributed by atoms with van der Waals surface area (Å²) < 4.78 is 5.39. The Balaban J connectivity index is 1.58. The molecular weight excluding hydrogens is 340 g/mol. The van der Waals surface area contributed by atoms with Crippen LogP contribution in [0.4, 0.5) is 4.79 Å². The van der Waals surface area contributed by atoms with Crippen LogP contribution in [0.25, 0.3) is 0 Å². The molecule has 5 atom stereocenters. The smallest absolute Gasteiger partial charge is 0.407 e. The second-order valence-electron chi connectivity index (χ2n) is 9.20. The Kier molecular flexibility index (Phi) is 6.43. The fourth-order valence-corrected chi connectivity index (χ4v) is 4.52. The van der Waals surface area contributed by atoms with Crippen molar-refractivity contribution in [3.63, 3.8) is 0 Å². The van der Waals surface area contributed by atoms with Crippen LogP contribution >= 0.6 is 0 Å². The second-order valence-corrected chi connectivity index (χ2v) is 9.20. The van der Waals surface area contributed by atoms with E-state index in [9.17, 15) is 9.90 Å². The number of alkyl carbamates (subject to hydrolysis) is 1. The zero-order valence-corrected chi connectivity index (χ0v) is 16.8. The van der Waals surface area contributed by atoms with Crippen LogP contribution in [0.1, 0.15) is 52.0 Å². The normalized spacial score (nSPS) is 26.6. The number of rotatable bonds is 7. The molecule has 0 aromatic heterocycles. The molecule has 1 aromatic carbocycles. The van der Waals surface area contributed by atoms with Crippen molar-refractivity contribution in [2.75, 3.05) is 6.54 Å². The molecule has 2 unspecified atom stereocenters.